The summed E-state index contributed by atoms with van der Waals surface area (Å²) in [5.74, 6) is 0. The lowest BCUT2D eigenvalue weighted by molar-refractivity contribution is -0.0437. The molecule has 0 rings (SSSR count). The molecule has 0 radical (unpaired) electrons. The predicted molar refractivity (Wildman–Crippen MR) is 131 cm³/mol. The Morgan fingerprint density at radius 1 is 0.500 bits per heavy atom. The maximum atomic E-state index is 9.46. The summed E-state index contributed by atoms with van der Waals surface area (Å²) in [6.07, 6.45) is 26.7. The molecule has 0 unspecified atom stereocenters. The molecular weight excluding hydrogens is 372 g/mol. The van der Waals surface area contributed by atoms with Gasteiger partial charge in [0.1, 0.15) is 6.10 Å². The van der Waals surface area contributed by atoms with Gasteiger partial charge in [-0.25, -0.2) is 0 Å². The van der Waals surface area contributed by atoms with Crippen molar-refractivity contribution in [2.75, 3.05) is 26.4 Å². The Bertz CT molecular complexity index is 296. The second kappa shape index (κ2) is 26.9. The van der Waals surface area contributed by atoms with E-state index in [0.717, 1.165) is 26.1 Å². The Labute approximate surface area is 189 Å². The average molecular weight is 429 g/mol. The summed E-state index contributed by atoms with van der Waals surface area (Å²) >= 11 is 0. The summed E-state index contributed by atoms with van der Waals surface area (Å²) < 4.78 is 11.5. The van der Waals surface area contributed by atoms with E-state index in [2.05, 4.69) is 13.8 Å². The highest BCUT2D eigenvalue weighted by Gasteiger charge is 2.07. The van der Waals surface area contributed by atoms with Crippen molar-refractivity contribution in [3.63, 3.8) is 0 Å². The first kappa shape index (κ1) is 29.9. The van der Waals surface area contributed by atoms with Crippen molar-refractivity contribution >= 4 is 0 Å². The molecule has 0 spiro atoms. The highest BCUT2D eigenvalue weighted by Crippen LogP contribution is 2.12. The van der Waals surface area contributed by atoms with Crippen LogP contribution in [0.1, 0.15) is 142 Å². The van der Waals surface area contributed by atoms with Crippen LogP contribution in [0.25, 0.3) is 0 Å². The van der Waals surface area contributed by atoms with Crippen LogP contribution in [0, 0.1) is 0 Å². The van der Waals surface area contributed by atoms with Gasteiger partial charge in [-0.15, -0.1) is 0 Å². The lowest BCUT2D eigenvalue weighted by atomic mass is 10.1. The van der Waals surface area contributed by atoms with Crippen molar-refractivity contribution in [3.05, 3.63) is 0 Å². The van der Waals surface area contributed by atoms with Crippen molar-refractivity contribution in [2.24, 2.45) is 0 Å². The molecule has 0 aliphatic carbocycles. The zero-order valence-electron chi connectivity index (χ0n) is 20.8. The van der Waals surface area contributed by atoms with Crippen LogP contribution in [0.15, 0.2) is 0 Å². The molecule has 0 aromatic heterocycles. The highest BCUT2D eigenvalue weighted by atomic mass is 16.5. The molecule has 1 N–H and O–H groups in total. The number of rotatable bonds is 26. The number of aliphatic hydroxyl groups excluding tert-OH is 1. The lowest BCUT2D eigenvalue weighted by Crippen LogP contribution is -2.24. The molecule has 0 fully saturated rings. The molecule has 3 heteroatoms. The smallest absolute Gasteiger partial charge is 0.104 e. The zero-order valence-corrected chi connectivity index (χ0v) is 20.8. The summed E-state index contributed by atoms with van der Waals surface area (Å²) in [4.78, 5) is 0. The van der Waals surface area contributed by atoms with Gasteiger partial charge in [-0.3, -0.25) is 0 Å². The monoisotopic (exact) mass is 428 g/mol. The van der Waals surface area contributed by atoms with Crippen LogP contribution in [0.2, 0.25) is 0 Å². The van der Waals surface area contributed by atoms with Gasteiger partial charge in [0.25, 0.3) is 0 Å². The molecule has 182 valence electrons. The lowest BCUT2D eigenvalue weighted by Gasteiger charge is -2.15. The second-order valence-corrected chi connectivity index (χ2v) is 9.11. The number of ether oxygens (including phenoxy) is 2. The minimum Gasteiger partial charge on any atom is -0.394 e. The van der Waals surface area contributed by atoms with Gasteiger partial charge in [0.05, 0.1) is 13.2 Å². The summed E-state index contributed by atoms with van der Waals surface area (Å²) in [5, 5.41) is 9.46. The summed E-state index contributed by atoms with van der Waals surface area (Å²) in [6, 6.07) is 0. The third-order valence-electron chi connectivity index (χ3n) is 6.00. The molecule has 0 saturated carbocycles. The number of hydrogen-bond donors (Lipinski definition) is 1. The number of unbranched alkanes of at least 4 members (excludes halogenated alkanes) is 18. The number of hydrogen-bond acceptors (Lipinski definition) is 3. The highest BCUT2D eigenvalue weighted by molar-refractivity contribution is 4.55. The Hall–Kier alpha value is -0.120. The minimum atomic E-state index is -0.147. The van der Waals surface area contributed by atoms with Gasteiger partial charge in [-0.1, -0.05) is 129 Å². The Kier molecular flexibility index (Phi) is 26.8. The molecule has 30 heavy (non-hydrogen) atoms. The molecule has 0 heterocycles. The predicted octanol–water partition coefficient (Wildman–Crippen LogP) is 8.22. The summed E-state index contributed by atoms with van der Waals surface area (Å²) in [6.45, 7) is 6.70. The summed E-state index contributed by atoms with van der Waals surface area (Å²) in [7, 11) is 0. The molecule has 3 nitrogen and oxygen atoms in total. The maximum absolute atomic E-state index is 9.46. The van der Waals surface area contributed by atoms with Gasteiger partial charge >= 0.3 is 0 Å². The topological polar surface area (TPSA) is 38.7 Å². The minimum absolute atomic E-state index is 0.0653. The van der Waals surface area contributed by atoms with Crippen molar-refractivity contribution in [3.8, 4) is 0 Å². The van der Waals surface area contributed by atoms with Crippen molar-refractivity contribution in [2.45, 2.75) is 148 Å². The normalized spacial score (nSPS) is 12.5. The quantitative estimate of drug-likeness (QED) is 0.141. The van der Waals surface area contributed by atoms with E-state index in [0.29, 0.717) is 6.61 Å². The van der Waals surface area contributed by atoms with Crippen LogP contribution in [0.4, 0.5) is 0 Å². The van der Waals surface area contributed by atoms with E-state index in [1.807, 2.05) is 0 Å². The van der Waals surface area contributed by atoms with E-state index >= 15 is 0 Å². The van der Waals surface area contributed by atoms with E-state index < -0.39 is 0 Å². The van der Waals surface area contributed by atoms with Crippen LogP contribution in [-0.2, 0) is 9.47 Å². The van der Waals surface area contributed by atoms with E-state index in [1.165, 1.54) is 116 Å². The Morgan fingerprint density at radius 3 is 1.27 bits per heavy atom. The fraction of sp³-hybridized carbons (Fsp3) is 1.00. The third kappa shape index (κ3) is 24.2. The van der Waals surface area contributed by atoms with E-state index in [4.69, 9.17) is 9.47 Å². The van der Waals surface area contributed by atoms with Crippen LogP contribution in [0.3, 0.4) is 0 Å². The molecule has 1 atom stereocenters. The average Bonchev–Trinajstić information content (AvgIpc) is 2.76. The largest absolute Gasteiger partial charge is 0.394 e. The summed E-state index contributed by atoms with van der Waals surface area (Å²) in [5.41, 5.74) is 0. The SMILES string of the molecule is CCCCCCCCCCCCOC[C@@H](CO)OCCCCCCCCCCCC. The molecule has 0 aromatic carbocycles. The molecule has 0 aliphatic heterocycles. The van der Waals surface area contributed by atoms with Gasteiger partial charge in [0.15, 0.2) is 0 Å². The first-order chi connectivity index (χ1) is 14.8. The van der Waals surface area contributed by atoms with E-state index in [-0.39, 0.29) is 12.7 Å². The van der Waals surface area contributed by atoms with Gasteiger partial charge in [0.2, 0.25) is 0 Å². The molecule has 0 amide bonds. The molecule has 0 bridgehead atoms. The standard InChI is InChI=1S/C27H56O3/c1-3-5-7-9-11-13-15-17-19-21-23-29-26-27(25-28)30-24-22-20-18-16-14-12-10-8-6-4-2/h27-28H,3-26H2,1-2H3/t27-/m1/s1. The van der Waals surface area contributed by atoms with E-state index in [1.54, 1.807) is 0 Å². The van der Waals surface area contributed by atoms with Crippen molar-refractivity contribution < 1.29 is 14.6 Å². The first-order valence-corrected chi connectivity index (χ1v) is 13.6. The van der Waals surface area contributed by atoms with E-state index in [9.17, 15) is 5.11 Å². The van der Waals surface area contributed by atoms with Gasteiger partial charge in [-0.05, 0) is 12.8 Å². The van der Waals surface area contributed by atoms with Crippen LogP contribution >= 0.6 is 0 Å². The zero-order chi connectivity index (χ0) is 22.0. The van der Waals surface area contributed by atoms with Gasteiger partial charge in [0, 0.05) is 13.2 Å². The van der Waals surface area contributed by atoms with Gasteiger partial charge < -0.3 is 14.6 Å². The fourth-order valence-electron chi connectivity index (χ4n) is 3.90. The molecule has 0 aliphatic rings. The maximum Gasteiger partial charge on any atom is 0.104 e. The van der Waals surface area contributed by atoms with Crippen molar-refractivity contribution in [1.29, 1.82) is 0 Å². The Balaban J connectivity index is 3.27. The first-order valence-electron chi connectivity index (χ1n) is 13.6. The number of aliphatic hydroxyl groups is 1. The van der Waals surface area contributed by atoms with Crippen LogP contribution < -0.4 is 0 Å². The van der Waals surface area contributed by atoms with Crippen LogP contribution in [0.5, 0.6) is 0 Å². The fourth-order valence-corrected chi connectivity index (χ4v) is 3.90. The third-order valence-corrected chi connectivity index (χ3v) is 6.00. The Morgan fingerprint density at radius 2 is 0.867 bits per heavy atom. The van der Waals surface area contributed by atoms with Crippen molar-refractivity contribution in [1.82, 2.24) is 0 Å². The second-order valence-electron chi connectivity index (χ2n) is 9.11. The van der Waals surface area contributed by atoms with Crippen LogP contribution in [-0.4, -0.2) is 37.6 Å². The molecule has 0 aromatic rings. The molecular formula is C27H56O3. The molecule has 0 saturated heterocycles. The van der Waals surface area contributed by atoms with Gasteiger partial charge in [-0.2, -0.15) is 0 Å².